The second kappa shape index (κ2) is 6.20. The molecule has 124 valence electrons. The second-order valence-electron chi connectivity index (χ2n) is 6.07. The predicted molar refractivity (Wildman–Crippen MR) is 85.1 cm³/mol. The zero-order chi connectivity index (χ0) is 16.6. The molecule has 0 saturated carbocycles. The van der Waals surface area contributed by atoms with Crippen LogP contribution in [0.2, 0.25) is 0 Å². The molecular formula is C17H23N3O3. The first kappa shape index (κ1) is 15.8. The van der Waals surface area contributed by atoms with Gasteiger partial charge >= 0.3 is 5.97 Å². The van der Waals surface area contributed by atoms with E-state index in [1.807, 2.05) is 24.0 Å². The average molecular weight is 317 g/mol. The van der Waals surface area contributed by atoms with E-state index in [2.05, 4.69) is 23.8 Å². The van der Waals surface area contributed by atoms with Crippen LogP contribution in [-0.4, -0.2) is 34.3 Å². The molecule has 0 aromatic carbocycles. The van der Waals surface area contributed by atoms with Gasteiger partial charge in [-0.1, -0.05) is 0 Å². The number of carbonyl (C=O) groups excluding carboxylic acids is 1. The van der Waals surface area contributed by atoms with Crippen LogP contribution in [-0.2, 0) is 11.8 Å². The molecule has 0 aliphatic carbocycles. The molecule has 23 heavy (non-hydrogen) atoms. The zero-order valence-corrected chi connectivity index (χ0v) is 14.1. The summed E-state index contributed by atoms with van der Waals surface area (Å²) in [5.74, 6) is 0.603. The Morgan fingerprint density at radius 2 is 2.26 bits per heavy atom. The molecule has 3 rings (SSSR count). The smallest absolute Gasteiger partial charge is 0.373 e. The lowest BCUT2D eigenvalue weighted by Crippen LogP contribution is -2.26. The van der Waals surface area contributed by atoms with Crippen LogP contribution in [0.15, 0.2) is 22.7 Å². The topological polar surface area (TPSA) is 60.5 Å². The van der Waals surface area contributed by atoms with Gasteiger partial charge in [-0.05, 0) is 45.4 Å². The van der Waals surface area contributed by atoms with Crippen molar-refractivity contribution < 1.29 is 13.9 Å². The number of hydrogen-bond donors (Lipinski definition) is 0. The number of ether oxygens (including phenoxy) is 1. The number of likely N-dealkylation sites (tertiary alicyclic amines) is 1. The molecule has 0 amide bonds. The normalized spacial score (nSPS) is 19.9. The second-order valence-corrected chi connectivity index (χ2v) is 6.07. The van der Waals surface area contributed by atoms with E-state index in [9.17, 15) is 4.79 Å². The van der Waals surface area contributed by atoms with Crippen LogP contribution in [0.4, 0.5) is 0 Å². The van der Waals surface area contributed by atoms with Crippen LogP contribution in [0, 0.1) is 6.92 Å². The number of aryl methyl sites for hydroxylation is 1. The third-order valence-electron chi connectivity index (χ3n) is 4.85. The molecule has 6 nitrogen and oxygen atoms in total. The fourth-order valence-electron chi connectivity index (χ4n) is 3.38. The Morgan fingerprint density at radius 1 is 1.48 bits per heavy atom. The van der Waals surface area contributed by atoms with E-state index < -0.39 is 5.97 Å². The first-order chi connectivity index (χ1) is 11.0. The summed E-state index contributed by atoms with van der Waals surface area (Å²) in [5, 5.41) is 4.37. The molecule has 0 bridgehead atoms. The quantitative estimate of drug-likeness (QED) is 0.811. The standard InChI is InChI=1S/C17H23N3O3/c1-11-13(10-18-19(11)3)14-6-5-9-20(14)12(2)15-7-8-16(23-15)17(21)22-4/h7-8,10,12,14H,5-6,9H2,1-4H3/t12-,14-/m0/s1. The van der Waals surface area contributed by atoms with Crippen LogP contribution < -0.4 is 0 Å². The van der Waals surface area contributed by atoms with E-state index in [0.717, 1.165) is 25.1 Å². The molecule has 2 aromatic heterocycles. The largest absolute Gasteiger partial charge is 0.463 e. The van der Waals surface area contributed by atoms with Gasteiger partial charge in [0.1, 0.15) is 5.76 Å². The Hall–Kier alpha value is -2.08. The Kier molecular flexibility index (Phi) is 4.26. The molecular weight excluding hydrogens is 294 g/mol. The van der Waals surface area contributed by atoms with Gasteiger partial charge in [-0.2, -0.15) is 5.10 Å². The van der Waals surface area contributed by atoms with Crippen molar-refractivity contribution in [2.75, 3.05) is 13.7 Å². The van der Waals surface area contributed by atoms with Gasteiger partial charge in [-0.25, -0.2) is 4.79 Å². The van der Waals surface area contributed by atoms with E-state index in [-0.39, 0.29) is 11.8 Å². The van der Waals surface area contributed by atoms with E-state index in [4.69, 9.17) is 9.15 Å². The minimum atomic E-state index is -0.440. The number of esters is 1. The van der Waals surface area contributed by atoms with Crippen LogP contribution in [0.3, 0.4) is 0 Å². The van der Waals surface area contributed by atoms with Gasteiger partial charge in [0.15, 0.2) is 0 Å². The third kappa shape index (κ3) is 2.79. The molecule has 6 heteroatoms. The summed E-state index contributed by atoms with van der Waals surface area (Å²) in [6.45, 7) is 5.23. The van der Waals surface area contributed by atoms with Crippen molar-refractivity contribution in [1.82, 2.24) is 14.7 Å². The van der Waals surface area contributed by atoms with Crippen LogP contribution in [0.25, 0.3) is 0 Å². The van der Waals surface area contributed by atoms with E-state index >= 15 is 0 Å². The number of hydrogen-bond acceptors (Lipinski definition) is 5. The summed E-state index contributed by atoms with van der Waals surface area (Å²) < 4.78 is 12.3. The fourth-order valence-corrected chi connectivity index (χ4v) is 3.38. The molecule has 2 atom stereocenters. The Labute approximate surface area is 136 Å². The average Bonchev–Trinajstić information content (AvgIpc) is 3.27. The minimum absolute atomic E-state index is 0.0977. The van der Waals surface area contributed by atoms with Gasteiger partial charge in [-0.15, -0.1) is 0 Å². The monoisotopic (exact) mass is 317 g/mol. The van der Waals surface area contributed by atoms with Crippen LogP contribution in [0.5, 0.6) is 0 Å². The summed E-state index contributed by atoms with van der Waals surface area (Å²) in [7, 11) is 3.33. The Bertz CT molecular complexity index is 704. The molecule has 1 fully saturated rings. The van der Waals surface area contributed by atoms with Crippen molar-refractivity contribution in [3.05, 3.63) is 41.1 Å². The summed E-state index contributed by atoms with van der Waals surface area (Å²) in [6, 6.07) is 3.98. The van der Waals surface area contributed by atoms with Gasteiger partial charge in [0, 0.05) is 24.3 Å². The zero-order valence-electron chi connectivity index (χ0n) is 14.1. The highest BCUT2D eigenvalue weighted by molar-refractivity contribution is 5.86. The van der Waals surface area contributed by atoms with Gasteiger partial charge < -0.3 is 9.15 Å². The first-order valence-electron chi connectivity index (χ1n) is 7.95. The Morgan fingerprint density at radius 3 is 2.91 bits per heavy atom. The lowest BCUT2D eigenvalue weighted by atomic mass is 10.0. The van der Waals surface area contributed by atoms with Crippen LogP contribution >= 0.6 is 0 Å². The van der Waals surface area contributed by atoms with Crippen molar-refractivity contribution in [2.45, 2.75) is 38.8 Å². The van der Waals surface area contributed by atoms with E-state index in [1.54, 1.807) is 6.07 Å². The molecule has 0 unspecified atom stereocenters. The molecule has 3 heterocycles. The lowest BCUT2D eigenvalue weighted by Gasteiger charge is -2.29. The van der Waals surface area contributed by atoms with Gasteiger partial charge in [0.25, 0.3) is 0 Å². The molecule has 0 N–H and O–H groups in total. The van der Waals surface area contributed by atoms with Crippen LogP contribution in [0.1, 0.15) is 59.4 Å². The number of furan rings is 1. The number of rotatable bonds is 4. The number of aromatic nitrogens is 2. The molecule has 0 spiro atoms. The molecule has 1 saturated heterocycles. The molecule has 2 aromatic rings. The first-order valence-corrected chi connectivity index (χ1v) is 7.95. The minimum Gasteiger partial charge on any atom is -0.463 e. The van der Waals surface area contributed by atoms with Crippen molar-refractivity contribution >= 4 is 5.97 Å². The maximum Gasteiger partial charge on any atom is 0.373 e. The summed E-state index contributed by atoms with van der Waals surface area (Å²) in [4.78, 5) is 14.0. The summed E-state index contributed by atoms with van der Waals surface area (Å²) in [6.07, 6.45) is 4.22. The predicted octanol–water partition coefficient (Wildman–Crippen LogP) is 3.01. The highest BCUT2D eigenvalue weighted by atomic mass is 16.5. The van der Waals surface area contributed by atoms with Crippen molar-refractivity contribution in [2.24, 2.45) is 7.05 Å². The molecule has 1 aliphatic rings. The molecule has 1 aliphatic heterocycles. The highest BCUT2D eigenvalue weighted by Crippen LogP contribution is 2.39. The lowest BCUT2D eigenvalue weighted by molar-refractivity contribution is 0.0558. The van der Waals surface area contributed by atoms with Crippen molar-refractivity contribution in [3.8, 4) is 0 Å². The fraction of sp³-hybridized carbons (Fsp3) is 0.529. The third-order valence-corrected chi connectivity index (χ3v) is 4.85. The maximum absolute atomic E-state index is 11.6. The van der Waals surface area contributed by atoms with Crippen molar-refractivity contribution in [1.29, 1.82) is 0 Å². The van der Waals surface area contributed by atoms with Gasteiger partial charge in [0.2, 0.25) is 5.76 Å². The van der Waals surface area contributed by atoms with Gasteiger partial charge in [0.05, 0.1) is 19.3 Å². The number of carbonyl (C=O) groups is 1. The number of nitrogens with zero attached hydrogens (tertiary/aromatic N) is 3. The maximum atomic E-state index is 11.6. The SMILES string of the molecule is COC(=O)c1ccc([C@H](C)N2CCC[C@H]2c2cnn(C)c2C)o1. The number of methoxy groups -OCH3 is 1. The Balaban J connectivity index is 1.83. The van der Waals surface area contributed by atoms with Crippen molar-refractivity contribution in [3.63, 3.8) is 0 Å². The summed E-state index contributed by atoms with van der Waals surface area (Å²) >= 11 is 0. The van der Waals surface area contributed by atoms with E-state index in [1.165, 1.54) is 18.4 Å². The van der Waals surface area contributed by atoms with E-state index in [0.29, 0.717) is 6.04 Å². The highest BCUT2D eigenvalue weighted by Gasteiger charge is 2.33. The van der Waals surface area contributed by atoms with Gasteiger partial charge in [-0.3, -0.25) is 9.58 Å². The summed E-state index contributed by atoms with van der Waals surface area (Å²) in [5.41, 5.74) is 2.47. The molecule has 0 radical (unpaired) electrons.